The van der Waals surface area contributed by atoms with Crippen molar-refractivity contribution in [1.29, 1.82) is 0 Å². The van der Waals surface area contributed by atoms with Gasteiger partial charge in [-0.25, -0.2) is 27.0 Å². The third-order valence-electron chi connectivity index (χ3n) is 5.61. The second-order valence-corrected chi connectivity index (χ2v) is 9.42. The van der Waals surface area contributed by atoms with Gasteiger partial charge in [-0.3, -0.25) is 0 Å². The number of nitrogens with two attached hydrogens (primary N) is 1. The number of rotatable bonds is 5. The van der Waals surface area contributed by atoms with Gasteiger partial charge in [0.1, 0.15) is 5.69 Å². The molecular formula is C27H19F2N3O2S. The SMILES string of the molecule is NS(=O)(=O)c1ccc(-c2c(-c3ccccc3)c(-c3cccc(F)c3F)nn2-c2ccccc2)cc1. The number of benzene rings is 4. The number of halogens is 2. The monoisotopic (exact) mass is 487 g/mol. The van der Waals surface area contributed by atoms with Crippen LogP contribution in [0.2, 0.25) is 0 Å². The Morgan fingerprint density at radius 3 is 1.97 bits per heavy atom. The van der Waals surface area contributed by atoms with Crippen molar-refractivity contribution in [3.05, 3.63) is 115 Å². The first-order chi connectivity index (χ1) is 16.8. The highest BCUT2D eigenvalue weighted by atomic mass is 32.2. The molecule has 0 bridgehead atoms. The van der Waals surface area contributed by atoms with Crippen molar-refractivity contribution in [3.63, 3.8) is 0 Å². The first kappa shape index (κ1) is 22.6. The topological polar surface area (TPSA) is 78.0 Å². The number of para-hydroxylation sites is 1. The lowest BCUT2D eigenvalue weighted by atomic mass is 9.95. The van der Waals surface area contributed by atoms with Crippen molar-refractivity contribution in [2.45, 2.75) is 4.90 Å². The Kier molecular flexibility index (Phi) is 5.76. The zero-order chi connectivity index (χ0) is 24.6. The first-order valence-electron chi connectivity index (χ1n) is 10.7. The summed E-state index contributed by atoms with van der Waals surface area (Å²) in [7, 11) is -3.89. The fourth-order valence-corrected chi connectivity index (χ4v) is 4.51. The molecule has 8 heteroatoms. The number of nitrogens with zero attached hydrogens (tertiary/aromatic N) is 2. The van der Waals surface area contributed by atoms with Crippen LogP contribution in [0.25, 0.3) is 39.3 Å². The quantitative estimate of drug-likeness (QED) is 0.340. The standard InChI is InChI=1S/C27H19F2N3O2S/c28-23-13-7-12-22(25(23)29)26-24(18-8-3-1-4-9-18)27(32(31-26)20-10-5-2-6-11-20)19-14-16-21(17-15-19)35(30,33)34/h1-17H,(H2,30,33,34). The Labute approximate surface area is 201 Å². The van der Waals surface area contributed by atoms with E-state index in [1.807, 2.05) is 60.7 Å². The van der Waals surface area contributed by atoms with E-state index in [0.29, 0.717) is 22.5 Å². The fraction of sp³-hybridized carbons (Fsp3) is 0. The zero-order valence-corrected chi connectivity index (χ0v) is 19.1. The Morgan fingerprint density at radius 2 is 1.34 bits per heavy atom. The third kappa shape index (κ3) is 4.25. The number of sulfonamides is 1. The summed E-state index contributed by atoms with van der Waals surface area (Å²) in [6, 6.07) is 28.5. The maximum absolute atomic E-state index is 15.0. The van der Waals surface area contributed by atoms with Gasteiger partial charge in [0.25, 0.3) is 0 Å². The first-order valence-corrected chi connectivity index (χ1v) is 12.2. The van der Waals surface area contributed by atoms with E-state index in [-0.39, 0.29) is 16.2 Å². The molecule has 0 aliphatic heterocycles. The molecule has 0 aliphatic carbocycles. The number of hydrogen-bond acceptors (Lipinski definition) is 3. The van der Waals surface area contributed by atoms with Crippen molar-refractivity contribution in [2.24, 2.45) is 5.14 Å². The summed E-state index contributed by atoms with van der Waals surface area (Å²) in [6.07, 6.45) is 0. The Morgan fingerprint density at radius 1 is 0.714 bits per heavy atom. The summed E-state index contributed by atoms with van der Waals surface area (Å²) in [5.74, 6) is -1.98. The van der Waals surface area contributed by atoms with Crippen molar-refractivity contribution >= 4 is 10.0 Å². The fourth-order valence-electron chi connectivity index (χ4n) is 4.00. The molecule has 5 nitrogen and oxygen atoms in total. The van der Waals surface area contributed by atoms with E-state index in [1.54, 1.807) is 16.8 Å². The second kappa shape index (κ2) is 8.90. The Balaban J connectivity index is 1.88. The molecule has 5 rings (SSSR count). The smallest absolute Gasteiger partial charge is 0.232 e. The summed E-state index contributed by atoms with van der Waals surface area (Å²) in [6.45, 7) is 0. The summed E-state index contributed by atoms with van der Waals surface area (Å²) in [5, 5.41) is 10.0. The Hall–Kier alpha value is -4.14. The summed E-state index contributed by atoms with van der Waals surface area (Å²) < 4.78 is 54.5. The van der Waals surface area contributed by atoms with E-state index in [9.17, 15) is 12.8 Å². The largest absolute Gasteiger partial charge is 0.238 e. The number of aromatic nitrogens is 2. The van der Waals surface area contributed by atoms with E-state index in [0.717, 1.165) is 11.6 Å². The lowest BCUT2D eigenvalue weighted by Gasteiger charge is -2.11. The Bertz CT molecular complexity index is 1620. The lowest BCUT2D eigenvalue weighted by Crippen LogP contribution is -2.11. The van der Waals surface area contributed by atoms with Crippen molar-refractivity contribution in [2.75, 3.05) is 0 Å². The predicted molar refractivity (Wildman–Crippen MR) is 131 cm³/mol. The van der Waals surface area contributed by atoms with Gasteiger partial charge in [-0.05, 0) is 42.0 Å². The van der Waals surface area contributed by atoms with Gasteiger partial charge >= 0.3 is 0 Å². The molecule has 5 aromatic rings. The minimum Gasteiger partial charge on any atom is -0.232 e. The molecule has 1 heterocycles. The molecule has 0 unspecified atom stereocenters. The molecule has 4 aromatic carbocycles. The van der Waals surface area contributed by atoms with Gasteiger partial charge in [0, 0.05) is 16.7 Å². The molecule has 0 aliphatic rings. The molecule has 0 amide bonds. The van der Waals surface area contributed by atoms with Crippen LogP contribution < -0.4 is 5.14 Å². The molecular weight excluding hydrogens is 468 g/mol. The van der Waals surface area contributed by atoms with Crippen LogP contribution in [0.5, 0.6) is 0 Å². The number of hydrogen-bond donors (Lipinski definition) is 1. The van der Waals surface area contributed by atoms with Gasteiger partial charge in [-0.15, -0.1) is 0 Å². The molecule has 0 radical (unpaired) electrons. The summed E-state index contributed by atoms with van der Waals surface area (Å²) >= 11 is 0. The van der Waals surface area contributed by atoms with Crippen LogP contribution >= 0.6 is 0 Å². The van der Waals surface area contributed by atoms with E-state index in [4.69, 9.17) is 10.2 Å². The molecule has 174 valence electrons. The zero-order valence-electron chi connectivity index (χ0n) is 18.3. The van der Waals surface area contributed by atoms with Crippen LogP contribution in [-0.4, -0.2) is 18.2 Å². The van der Waals surface area contributed by atoms with Gasteiger partial charge in [0.2, 0.25) is 10.0 Å². The normalized spacial score (nSPS) is 11.5. The maximum atomic E-state index is 15.0. The van der Waals surface area contributed by atoms with Gasteiger partial charge < -0.3 is 0 Å². The van der Waals surface area contributed by atoms with E-state index in [1.165, 1.54) is 24.3 Å². The molecule has 1 aromatic heterocycles. The van der Waals surface area contributed by atoms with Gasteiger partial charge in [0.05, 0.1) is 16.3 Å². The average molecular weight is 488 g/mol. The van der Waals surface area contributed by atoms with Crippen molar-refractivity contribution in [3.8, 4) is 39.3 Å². The highest BCUT2D eigenvalue weighted by molar-refractivity contribution is 7.89. The summed E-state index contributed by atoms with van der Waals surface area (Å²) in [5.41, 5.74) is 3.47. The van der Waals surface area contributed by atoms with Crippen LogP contribution in [0.3, 0.4) is 0 Å². The highest BCUT2D eigenvalue weighted by Crippen LogP contribution is 2.42. The lowest BCUT2D eigenvalue weighted by molar-refractivity contribution is 0.511. The van der Waals surface area contributed by atoms with Crippen LogP contribution in [-0.2, 0) is 10.0 Å². The van der Waals surface area contributed by atoms with Gasteiger partial charge in [-0.2, -0.15) is 5.10 Å². The second-order valence-electron chi connectivity index (χ2n) is 7.86. The molecule has 0 spiro atoms. The van der Waals surface area contributed by atoms with Crippen LogP contribution in [0, 0.1) is 11.6 Å². The molecule has 35 heavy (non-hydrogen) atoms. The van der Waals surface area contributed by atoms with Crippen molar-refractivity contribution in [1.82, 2.24) is 9.78 Å². The third-order valence-corrected chi connectivity index (χ3v) is 6.54. The van der Waals surface area contributed by atoms with E-state index < -0.39 is 21.7 Å². The number of primary sulfonamides is 1. The minimum atomic E-state index is -3.89. The van der Waals surface area contributed by atoms with E-state index in [2.05, 4.69) is 0 Å². The van der Waals surface area contributed by atoms with Gasteiger partial charge in [0.15, 0.2) is 11.6 Å². The van der Waals surface area contributed by atoms with Crippen molar-refractivity contribution < 1.29 is 17.2 Å². The van der Waals surface area contributed by atoms with Crippen LogP contribution in [0.4, 0.5) is 8.78 Å². The maximum Gasteiger partial charge on any atom is 0.238 e. The van der Waals surface area contributed by atoms with E-state index >= 15 is 4.39 Å². The molecule has 0 saturated carbocycles. The van der Waals surface area contributed by atoms with Crippen LogP contribution in [0.1, 0.15) is 0 Å². The average Bonchev–Trinajstić information content (AvgIpc) is 3.27. The molecule has 2 N–H and O–H groups in total. The molecule has 0 saturated heterocycles. The summed E-state index contributed by atoms with van der Waals surface area (Å²) in [4.78, 5) is -0.0373. The van der Waals surface area contributed by atoms with Crippen LogP contribution in [0.15, 0.2) is 108 Å². The highest BCUT2D eigenvalue weighted by Gasteiger charge is 2.25. The molecule has 0 fully saturated rings. The predicted octanol–water partition coefficient (Wildman–Crippen LogP) is 5.80. The minimum absolute atomic E-state index is 0.0148. The molecule has 0 atom stereocenters. The van der Waals surface area contributed by atoms with Gasteiger partial charge in [-0.1, -0.05) is 66.7 Å².